The molecular formula is C14H11BrN2O2. The van der Waals surface area contributed by atoms with Gasteiger partial charge in [-0.2, -0.15) is 0 Å². The van der Waals surface area contributed by atoms with Crippen LogP contribution in [0.4, 0.5) is 5.69 Å². The van der Waals surface area contributed by atoms with Crippen molar-refractivity contribution in [1.29, 1.82) is 0 Å². The summed E-state index contributed by atoms with van der Waals surface area (Å²) >= 11 is 3.41. The number of hydrogen-bond donors (Lipinski definition) is 1. The molecule has 3 aromatic rings. The molecule has 0 radical (unpaired) electrons. The van der Waals surface area contributed by atoms with Gasteiger partial charge in [-0.15, -0.1) is 0 Å². The first-order valence-corrected chi connectivity index (χ1v) is 6.46. The Morgan fingerprint density at radius 2 is 2.05 bits per heavy atom. The zero-order valence-electron chi connectivity index (χ0n) is 10.2. The van der Waals surface area contributed by atoms with Crippen LogP contribution >= 0.6 is 15.9 Å². The van der Waals surface area contributed by atoms with E-state index in [-0.39, 0.29) is 0 Å². The summed E-state index contributed by atoms with van der Waals surface area (Å²) in [5.74, 6) is 1.28. The first kappa shape index (κ1) is 12.0. The van der Waals surface area contributed by atoms with Gasteiger partial charge in [-0.3, -0.25) is 0 Å². The number of oxazole rings is 1. The van der Waals surface area contributed by atoms with Crippen LogP contribution in [-0.2, 0) is 0 Å². The number of nitrogen functional groups attached to an aromatic ring is 1. The maximum Gasteiger partial charge on any atom is 0.227 e. The van der Waals surface area contributed by atoms with Gasteiger partial charge in [0, 0.05) is 21.8 Å². The first-order chi connectivity index (χ1) is 9.15. The third-order valence-electron chi connectivity index (χ3n) is 2.76. The quantitative estimate of drug-likeness (QED) is 0.729. The Hall–Kier alpha value is -2.01. The molecule has 19 heavy (non-hydrogen) atoms. The van der Waals surface area contributed by atoms with E-state index in [1.165, 1.54) is 0 Å². The molecule has 0 bridgehead atoms. The number of nitrogens with zero attached hydrogens (tertiary/aromatic N) is 1. The van der Waals surface area contributed by atoms with E-state index in [2.05, 4.69) is 20.9 Å². The van der Waals surface area contributed by atoms with Gasteiger partial charge in [0.05, 0.1) is 7.11 Å². The second-order valence-corrected chi connectivity index (χ2v) is 5.04. The molecule has 1 aromatic heterocycles. The monoisotopic (exact) mass is 318 g/mol. The molecule has 1 heterocycles. The van der Waals surface area contributed by atoms with Gasteiger partial charge >= 0.3 is 0 Å². The third-order valence-corrected chi connectivity index (χ3v) is 3.22. The summed E-state index contributed by atoms with van der Waals surface area (Å²) in [6.45, 7) is 0. The highest BCUT2D eigenvalue weighted by atomic mass is 79.9. The van der Waals surface area contributed by atoms with Crippen LogP contribution in [0.5, 0.6) is 5.75 Å². The number of ether oxygens (including phenoxy) is 1. The van der Waals surface area contributed by atoms with Crippen molar-refractivity contribution < 1.29 is 9.15 Å². The van der Waals surface area contributed by atoms with Crippen molar-refractivity contribution in [3.05, 3.63) is 40.9 Å². The van der Waals surface area contributed by atoms with Crippen molar-refractivity contribution in [1.82, 2.24) is 4.98 Å². The number of hydrogen-bond acceptors (Lipinski definition) is 4. The molecule has 0 saturated heterocycles. The summed E-state index contributed by atoms with van der Waals surface area (Å²) in [6.07, 6.45) is 0. The lowest BCUT2D eigenvalue weighted by atomic mass is 10.2. The number of nitrogens with two attached hydrogens (primary N) is 1. The van der Waals surface area contributed by atoms with Gasteiger partial charge < -0.3 is 14.9 Å². The molecule has 3 rings (SSSR count). The van der Waals surface area contributed by atoms with Gasteiger partial charge in [-0.1, -0.05) is 15.9 Å². The zero-order valence-corrected chi connectivity index (χ0v) is 11.8. The summed E-state index contributed by atoms with van der Waals surface area (Å²) in [5, 5.41) is 0. The van der Waals surface area contributed by atoms with Gasteiger partial charge in [0.2, 0.25) is 5.89 Å². The Morgan fingerprint density at radius 3 is 2.79 bits per heavy atom. The van der Waals surface area contributed by atoms with E-state index < -0.39 is 0 Å². The third kappa shape index (κ3) is 2.29. The Bertz CT molecular complexity index is 732. The summed E-state index contributed by atoms with van der Waals surface area (Å²) in [6, 6.07) is 11.1. The van der Waals surface area contributed by atoms with Gasteiger partial charge in [0.25, 0.3) is 0 Å². The maximum absolute atomic E-state index is 5.82. The Kier molecular flexibility index (Phi) is 2.91. The lowest BCUT2D eigenvalue weighted by Crippen LogP contribution is -1.86. The topological polar surface area (TPSA) is 61.3 Å². The second-order valence-electron chi connectivity index (χ2n) is 4.13. The lowest BCUT2D eigenvalue weighted by Gasteiger charge is -1.99. The fraction of sp³-hybridized carbons (Fsp3) is 0.0714. The minimum absolute atomic E-state index is 0.538. The van der Waals surface area contributed by atoms with Crippen molar-refractivity contribution in [3.63, 3.8) is 0 Å². The molecule has 5 heteroatoms. The van der Waals surface area contributed by atoms with Crippen LogP contribution in [0.15, 0.2) is 45.3 Å². The predicted molar refractivity (Wildman–Crippen MR) is 78.1 cm³/mol. The summed E-state index contributed by atoms with van der Waals surface area (Å²) < 4.78 is 11.8. The largest absolute Gasteiger partial charge is 0.497 e. The van der Waals surface area contributed by atoms with E-state index in [1.807, 2.05) is 36.4 Å². The minimum atomic E-state index is 0.538. The number of rotatable bonds is 2. The van der Waals surface area contributed by atoms with Crippen molar-refractivity contribution in [2.24, 2.45) is 0 Å². The molecule has 4 nitrogen and oxygen atoms in total. The number of benzene rings is 2. The maximum atomic E-state index is 5.82. The summed E-state index contributed by atoms with van der Waals surface area (Å²) in [4.78, 5) is 4.44. The number of halogens is 1. The Morgan fingerprint density at radius 1 is 1.21 bits per heavy atom. The highest BCUT2D eigenvalue weighted by Gasteiger charge is 2.10. The molecule has 96 valence electrons. The smallest absolute Gasteiger partial charge is 0.227 e. The number of anilines is 1. The highest BCUT2D eigenvalue weighted by molar-refractivity contribution is 9.10. The van der Waals surface area contributed by atoms with Crippen molar-refractivity contribution in [2.75, 3.05) is 12.8 Å². The molecular weight excluding hydrogens is 308 g/mol. The van der Waals surface area contributed by atoms with Crippen LogP contribution in [0.2, 0.25) is 0 Å². The fourth-order valence-electron chi connectivity index (χ4n) is 1.89. The molecule has 0 unspecified atom stereocenters. The molecule has 0 atom stereocenters. The summed E-state index contributed by atoms with van der Waals surface area (Å²) in [7, 11) is 1.62. The van der Waals surface area contributed by atoms with Crippen LogP contribution < -0.4 is 10.5 Å². The number of aromatic nitrogens is 1. The van der Waals surface area contributed by atoms with Gasteiger partial charge in [-0.05, 0) is 30.3 Å². The standard InChI is InChI=1S/C14H11BrN2O2/c1-18-11-2-3-12-13(7-11)19-14(17-12)8-4-9(15)6-10(16)5-8/h2-7H,16H2,1H3. The van der Waals surface area contributed by atoms with Gasteiger partial charge in [-0.25, -0.2) is 4.98 Å². The Balaban J connectivity index is 2.14. The predicted octanol–water partition coefficient (Wildman–Crippen LogP) is 3.85. The van der Waals surface area contributed by atoms with E-state index in [4.69, 9.17) is 14.9 Å². The molecule has 0 aliphatic carbocycles. The SMILES string of the molecule is COc1ccc2nc(-c3cc(N)cc(Br)c3)oc2c1. The molecule has 0 amide bonds. The van der Waals surface area contributed by atoms with E-state index in [0.29, 0.717) is 17.2 Å². The number of fused-ring (bicyclic) bond motifs is 1. The summed E-state index contributed by atoms with van der Waals surface area (Å²) in [5.41, 5.74) is 8.78. The first-order valence-electron chi connectivity index (χ1n) is 5.67. The molecule has 2 aromatic carbocycles. The van der Waals surface area contributed by atoms with Gasteiger partial charge in [0.15, 0.2) is 5.58 Å². The average Bonchev–Trinajstić information content (AvgIpc) is 2.80. The second kappa shape index (κ2) is 4.59. The molecule has 0 saturated carbocycles. The molecule has 0 spiro atoms. The van der Waals surface area contributed by atoms with Crippen LogP contribution in [-0.4, -0.2) is 12.1 Å². The van der Waals surface area contributed by atoms with Gasteiger partial charge in [0.1, 0.15) is 11.3 Å². The highest BCUT2D eigenvalue weighted by Crippen LogP contribution is 2.29. The average molecular weight is 319 g/mol. The normalized spacial score (nSPS) is 10.8. The molecule has 2 N–H and O–H groups in total. The van der Waals surface area contributed by atoms with E-state index >= 15 is 0 Å². The van der Waals surface area contributed by atoms with Crippen molar-refractivity contribution >= 4 is 32.7 Å². The van der Waals surface area contributed by atoms with Crippen LogP contribution in [0.3, 0.4) is 0 Å². The minimum Gasteiger partial charge on any atom is -0.497 e. The fourth-order valence-corrected chi connectivity index (χ4v) is 2.40. The Labute approximate surface area is 118 Å². The molecule has 0 aliphatic rings. The van der Waals surface area contributed by atoms with E-state index in [9.17, 15) is 0 Å². The van der Waals surface area contributed by atoms with Crippen LogP contribution in [0, 0.1) is 0 Å². The molecule has 0 aliphatic heterocycles. The van der Waals surface area contributed by atoms with Crippen LogP contribution in [0.1, 0.15) is 0 Å². The molecule has 0 fully saturated rings. The number of methoxy groups -OCH3 is 1. The lowest BCUT2D eigenvalue weighted by molar-refractivity contribution is 0.414. The van der Waals surface area contributed by atoms with E-state index in [1.54, 1.807) is 7.11 Å². The van der Waals surface area contributed by atoms with Crippen molar-refractivity contribution in [2.45, 2.75) is 0 Å². The van der Waals surface area contributed by atoms with E-state index in [0.717, 1.165) is 21.3 Å². The zero-order chi connectivity index (χ0) is 13.4. The van der Waals surface area contributed by atoms with Crippen molar-refractivity contribution in [3.8, 4) is 17.2 Å². The van der Waals surface area contributed by atoms with Crippen LogP contribution in [0.25, 0.3) is 22.6 Å².